The summed E-state index contributed by atoms with van der Waals surface area (Å²) in [4.78, 5) is 34.6. The standard InChI is InChI=1S/C21H27N5O.CH2O2/c1-2-22-19-9-10-23-20(24-19)16-7-6-8-17(13-16)21(27)26-14-18(15-26)25-11-4-3-5-12-25;2-1-3/h6-10,13,18H,2-5,11-12,14-15H2,1H3,(H,22,23,24);1H,(H,2,3). The fourth-order valence-electron chi connectivity index (χ4n) is 3.89. The molecule has 2 aliphatic rings. The lowest BCUT2D eigenvalue weighted by atomic mass is 10.0. The van der Waals surface area contributed by atoms with E-state index >= 15 is 0 Å². The Morgan fingerprint density at radius 1 is 1.23 bits per heavy atom. The van der Waals surface area contributed by atoms with Gasteiger partial charge < -0.3 is 15.3 Å². The average Bonchev–Trinajstić information content (AvgIpc) is 2.74. The van der Waals surface area contributed by atoms with Gasteiger partial charge in [0.25, 0.3) is 12.4 Å². The lowest BCUT2D eigenvalue weighted by Crippen LogP contribution is -2.61. The summed E-state index contributed by atoms with van der Waals surface area (Å²) in [5.74, 6) is 1.54. The highest BCUT2D eigenvalue weighted by atomic mass is 16.3. The van der Waals surface area contributed by atoms with Gasteiger partial charge in [-0.05, 0) is 51.1 Å². The van der Waals surface area contributed by atoms with Crippen molar-refractivity contribution in [3.8, 4) is 11.4 Å². The van der Waals surface area contributed by atoms with E-state index in [1.807, 2.05) is 42.2 Å². The van der Waals surface area contributed by atoms with Gasteiger partial charge in [0.2, 0.25) is 0 Å². The van der Waals surface area contributed by atoms with Gasteiger partial charge in [-0.3, -0.25) is 14.5 Å². The third-order valence-electron chi connectivity index (χ3n) is 5.44. The normalized spacial score (nSPS) is 16.8. The van der Waals surface area contributed by atoms with Crippen molar-refractivity contribution >= 4 is 18.2 Å². The topological polar surface area (TPSA) is 98.7 Å². The summed E-state index contributed by atoms with van der Waals surface area (Å²) in [5, 5.41) is 10.1. The molecule has 4 rings (SSSR count). The van der Waals surface area contributed by atoms with Crippen molar-refractivity contribution in [1.82, 2.24) is 19.8 Å². The lowest BCUT2D eigenvalue weighted by Gasteiger charge is -2.46. The Morgan fingerprint density at radius 3 is 2.67 bits per heavy atom. The van der Waals surface area contributed by atoms with E-state index in [0.717, 1.165) is 31.0 Å². The smallest absolute Gasteiger partial charge is 0.290 e. The fraction of sp³-hybridized carbons (Fsp3) is 0.455. The van der Waals surface area contributed by atoms with Crippen LogP contribution in [0.2, 0.25) is 0 Å². The number of rotatable bonds is 5. The minimum atomic E-state index is -0.250. The number of carbonyl (C=O) groups is 2. The van der Waals surface area contributed by atoms with Crippen molar-refractivity contribution in [1.29, 1.82) is 0 Å². The quantitative estimate of drug-likeness (QED) is 0.730. The molecule has 2 N–H and O–H groups in total. The molecule has 0 saturated carbocycles. The summed E-state index contributed by atoms with van der Waals surface area (Å²) in [6, 6.07) is 10.0. The maximum Gasteiger partial charge on any atom is 0.290 e. The maximum absolute atomic E-state index is 12.9. The van der Waals surface area contributed by atoms with Crippen LogP contribution < -0.4 is 5.32 Å². The molecule has 8 nitrogen and oxygen atoms in total. The predicted molar refractivity (Wildman–Crippen MR) is 115 cm³/mol. The molecule has 0 aliphatic carbocycles. The van der Waals surface area contributed by atoms with Gasteiger partial charge in [0.05, 0.1) is 0 Å². The summed E-state index contributed by atoms with van der Waals surface area (Å²) < 4.78 is 0. The van der Waals surface area contributed by atoms with Crippen molar-refractivity contribution in [2.24, 2.45) is 0 Å². The SMILES string of the molecule is CCNc1ccnc(-c2cccc(C(=O)N3CC(N4CCCCC4)C3)c2)n1.O=CO. The zero-order valence-corrected chi connectivity index (χ0v) is 17.3. The minimum absolute atomic E-state index is 0.105. The predicted octanol–water partition coefficient (Wildman–Crippen LogP) is 2.59. The molecule has 0 unspecified atom stereocenters. The number of carboxylic acid groups (broad SMARTS) is 1. The number of hydrogen-bond acceptors (Lipinski definition) is 6. The second-order valence-electron chi connectivity index (χ2n) is 7.44. The summed E-state index contributed by atoms with van der Waals surface area (Å²) in [7, 11) is 0. The number of aromatic nitrogens is 2. The Bertz CT molecular complexity index is 848. The lowest BCUT2D eigenvalue weighted by molar-refractivity contribution is -0.122. The van der Waals surface area contributed by atoms with Crippen LogP contribution in [-0.2, 0) is 4.79 Å². The molecule has 0 atom stereocenters. The monoisotopic (exact) mass is 411 g/mol. The van der Waals surface area contributed by atoms with E-state index in [-0.39, 0.29) is 12.4 Å². The summed E-state index contributed by atoms with van der Waals surface area (Å²) >= 11 is 0. The van der Waals surface area contributed by atoms with Crippen molar-refractivity contribution in [2.75, 3.05) is 38.0 Å². The number of amides is 1. The second kappa shape index (κ2) is 10.7. The van der Waals surface area contributed by atoms with Crippen LogP contribution in [0.25, 0.3) is 11.4 Å². The van der Waals surface area contributed by atoms with Crippen LogP contribution in [-0.4, -0.2) is 76.0 Å². The summed E-state index contributed by atoms with van der Waals surface area (Å²) in [6.07, 6.45) is 5.67. The average molecular weight is 412 g/mol. The molecular weight excluding hydrogens is 382 g/mol. The number of nitrogens with zero attached hydrogens (tertiary/aromatic N) is 4. The van der Waals surface area contributed by atoms with Crippen LogP contribution in [0, 0.1) is 0 Å². The first kappa shape index (κ1) is 21.7. The van der Waals surface area contributed by atoms with Crippen LogP contribution in [0.1, 0.15) is 36.5 Å². The van der Waals surface area contributed by atoms with Gasteiger partial charge in [0.1, 0.15) is 5.82 Å². The molecule has 0 spiro atoms. The number of benzene rings is 1. The van der Waals surface area contributed by atoms with Gasteiger partial charge in [-0.25, -0.2) is 9.97 Å². The van der Waals surface area contributed by atoms with Gasteiger partial charge in [0.15, 0.2) is 5.82 Å². The van der Waals surface area contributed by atoms with Crippen molar-refractivity contribution in [3.63, 3.8) is 0 Å². The van der Waals surface area contributed by atoms with Crippen molar-refractivity contribution in [3.05, 3.63) is 42.1 Å². The number of likely N-dealkylation sites (tertiary alicyclic amines) is 2. The Hall–Kier alpha value is -3.00. The molecule has 160 valence electrons. The van der Waals surface area contributed by atoms with Gasteiger partial charge in [-0.2, -0.15) is 0 Å². The molecule has 30 heavy (non-hydrogen) atoms. The molecule has 2 aliphatic heterocycles. The molecule has 0 bridgehead atoms. The third kappa shape index (κ3) is 5.33. The fourth-order valence-corrected chi connectivity index (χ4v) is 3.89. The van der Waals surface area contributed by atoms with E-state index in [2.05, 4.69) is 20.2 Å². The molecule has 2 saturated heterocycles. The molecule has 8 heteroatoms. The van der Waals surface area contributed by atoms with Crippen molar-refractivity contribution < 1.29 is 14.7 Å². The summed E-state index contributed by atoms with van der Waals surface area (Å²) in [6.45, 7) is 6.64. The van der Waals surface area contributed by atoms with E-state index < -0.39 is 0 Å². The zero-order valence-electron chi connectivity index (χ0n) is 17.3. The molecule has 2 aromatic rings. The molecule has 2 fully saturated rings. The first-order chi connectivity index (χ1) is 14.7. The van der Waals surface area contributed by atoms with Gasteiger partial charge >= 0.3 is 0 Å². The maximum atomic E-state index is 12.9. The molecule has 1 amide bonds. The first-order valence-electron chi connectivity index (χ1n) is 10.4. The van der Waals surface area contributed by atoms with E-state index in [1.165, 1.54) is 32.4 Å². The number of piperidine rings is 1. The van der Waals surface area contributed by atoms with Crippen LogP contribution >= 0.6 is 0 Å². The minimum Gasteiger partial charge on any atom is -0.483 e. The van der Waals surface area contributed by atoms with Crippen LogP contribution in [0.3, 0.4) is 0 Å². The van der Waals surface area contributed by atoms with Crippen molar-refractivity contribution in [2.45, 2.75) is 32.2 Å². The number of anilines is 1. The number of nitrogens with one attached hydrogen (secondary N) is 1. The highest BCUT2D eigenvalue weighted by molar-refractivity contribution is 5.95. The van der Waals surface area contributed by atoms with Gasteiger partial charge in [0, 0.05) is 43.0 Å². The molecular formula is C22H29N5O3. The van der Waals surface area contributed by atoms with E-state index in [1.54, 1.807) is 6.20 Å². The van der Waals surface area contributed by atoms with Crippen LogP contribution in [0.15, 0.2) is 36.5 Å². The molecule has 1 aromatic carbocycles. The van der Waals surface area contributed by atoms with Crippen LogP contribution in [0.5, 0.6) is 0 Å². The molecule has 3 heterocycles. The van der Waals surface area contributed by atoms with E-state index in [4.69, 9.17) is 9.90 Å². The number of hydrogen-bond donors (Lipinski definition) is 2. The zero-order chi connectivity index (χ0) is 21.3. The Kier molecular flexibility index (Phi) is 7.73. The van der Waals surface area contributed by atoms with Gasteiger partial charge in [-0.15, -0.1) is 0 Å². The number of carbonyl (C=O) groups excluding carboxylic acids is 1. The Balaban J connectivity index is 0.000000806. The summed E-state index contributed by atoms with van der Waals surface area (Å²) in [5.41, 5.74) is 1.58. The van der Waals surface area contributed by atoms with Gasteiger partial charge in [-0.1, -0.05) is 18.6 Å². The Morgan fingerprint density at radius 2 is 1.97 bits per heavy atom. The highest BCUT2D eigenvalue weighted by Gasteiger charge is 2.35. The third-order valence-corrected chi connectivity index (χ3v) is 5.44. The van der Waals surface area contributed by atoms with E-state index in [9.17, 15) is 4.79 Å². The van der Waals surface area contributed by atoms with Crippen LogP contribution in [0.4, 0.5) is 5.82 Å². The highest BCUT2D eigenvalue weighted by Crippen LogP contribution is 2.23. The Labute approximate surface area is 176 Å². The molecule has 0 radical (unpaired) electrons. The first-order valence-corrected chi connectivity index (χ1v) is 10.4. The largest absolute Gasteiger partial charge is 0.483 e. The second-order valence-corrected chi connectivity index (χ2v) is 7.44. The molecule has 1 aromatic heterocycles. The van der Waals surface area contributed by atoms with E-state index in [0.29, 0.717) is 17.4 Å².